The van der Waals surface area contributed by atoms with Crippen molar-refractivity contribution >= 4 is 17.5 Å². The van der Waals surface area contributed by atoms with E-state index in [-0.39, 0.29) is 17.5 Å². The smallest absolute Gasteiger partial charge is 0.257 e. The van der Waals surface area contributed by atoms with Crippen LogP contribution in [0.3, 0.4) is 0 Å². The van der Waals surface area contributed by atoms with Crippen molar-refractivity contribution < 1.29 is 13.9 Å². The number of hydrogen-bond donors (Lipinski definition) is 0. The second kappa shape index (κ2) is 7.64. The molecule has 1 amide bonds. The number of carbonyl (C=O) groups is 1. The molecular formula is C16H21ClFNO2. The molecule has 0 aromatic heterocycles. The van der Waals surface area contributed by atoms with Gasteiger partial charge in [-0.1, -0.05) is 19.3 Å². The maximum Gasteiger partial charge on any atom is 0.257 e. The summed E-state index contributed by atoms with van der Waals surface area (Å²) in [5.41, 5.74) is 0.0893. The molecule has 0 radical (unpaired) electrons. The Kier molecular flexibility index (Phi) is 5.85. The Balaban J connectivity index is 2.21. The van der Waals surface area contributed by atoms with E-state index in [4.69, 9.17) is 16.3 Å². The Hall–Kier alpha value is -1.29. The number of benzene rings is 1. The second-order valence-corrected chi connectivity index (χ2v) is 5.70. The van der Waals surface area contributed by atoms with Gasteiger partial charge in [0.1, 0.15) is 11.6 Å². The summed E-state index contributed by atoms with van der Waals surface area (Å²) in [4.78, 5) is 14.4. The maximum atomic E-state index is 14.1. The first-order valence-corrected chi connectivity index (χ1v) is 7.91. The molecule has 0 unspecified atom stereocenters. The van der Waals surface area contributed by atoms with E-state index in [0.717, 1.165) is 25.7 Å². The van der Waals surface area contributed by atoms with Crippen LogP contribution in [0.1, 0.15) is 42.5 Å². The number of methoxy groups -OCH3 is 1. The number of carbonyl (C=O) groups excluding carboxylic acids is 1. The fourth-order valence-electron chi connectivity index (χ4n) is 2.88. The topological polar surface area (TPSA) is 29.5 Å². The van der Waals surface area contributed by atoms with Crippen LogP contribution in [0.4, 0.5) is 4.39 Å². The molecule has 0 spiro atoms. The molecule has 1 aliphatic rings. The normalized spacial score (nSPS) is 15.8. The van der Waals surface area contributed by atoms with Gasteiger partial charge in [0, 0.05) is 24.5 Å². The van der Waals surface area contributed by atoms with E-state index in [9.17, 15) is 9.18 Å². The summed E-state index contributed by atoms with van der Waals surface area (Å²) < 4.78 is 19.1. The van der Waals surface area contributed by atoms with Gasteiger partial charge in [-0.25, -0.2) is 4.39 Å². The third-order valence-corrected chi connectivity index (χ3v) is 4.18. The van der Waals surface area contributed by atoms with Crippen molar-refractivity contribution in [2.24, 2.45) is 0 Å². The molecule has 0 atom stereocenters. The number of rotatable bonds is 5. The van der Waals surface area contributed by atoms with E-state index < -0.39 is 5.82 Å². The lowest BCUT2D eigenvalue weighted by Crippen LogP contribution is -2.43. The summed E-state index contributed by atoms with van der Waals surface area (Å²) in [7, 11) is 1.47. The molecule has 3 nitrogen and oxygen atoms in total. The molecule has 1 saturated carbocycles. The zero-order chi connectivity index (χ0) is 15.2. The summed E-state index contributed by atoms with van der Waals surface area (Å²) in [6, 6.07) is 4.51. The standard InChI is InChI=1S/C16H21ClFNO2/c1-21-13-7-8-14(15(18)11-13)16(20)19(10-9-17)12-5-3-2-4-6-12/h7-8,11-12H,2-6,9-10H2,1H3. The average molecular weight is 314 g/mol. The molecule has 21 heavy (non-hydrogen) atoms. The molecule has 0 bridgehead atoms. The number of nitrogens with zero attached hydrogens (tertiary/aromatic N) is 1. The lowest BCUT2D eigenvalue weighted by Gasteiger charge is -2.34. The van der Waals surface area contributed by atoms with Gasteiger partial charge in [0.25, 0.3) is 5.91 Å². The maximum absolute atomic E-state index is 14.1. The number of alkyl halides is 1. The van der Waals surface area contributed by atoms with Crippen LogP contribution >= 0.6 is 11.6 Å². The summed E-state index contributed by atoms with van der Waals surface area (Å²) in [6.07, 6.45) is 5.38. The number of ether oxygens (including phenoxy) is 1. The molecule has 0 aliphatic heterocycles. The fraction of sp³-hybridized carbons (Fsp3) is 0.562. The van der Waals surface area contributed by atoms with Crippen LogP contribution in [0.15, 0.2) is 18.2 Å². The number of hydrogen-bond acceptors (Lipinski definition) is 2. The number of amides is 1. The molecule has 0 saturated heterocycles. The van der Waals surface area contributed by atoms with Crippen LogP contribution in [0.5, 0.6) is 5.75 Å². The second-order valence-electron chi connectivity index (χ2n) is 5.33. The van der Waals surface area contributed by atoms with Crippen LogP contribution in [0.25, 0.3) is 0 Å². The Morgan fingerprint density at radius 1 is 1.38 bits per heavy atom. The van der Waals surface area contributed by atoms with Crippen molar-refractivity contribution in [2.75, 3.05) is 19.5 Å². The van der Waals surface area contributed by atoms with Crippen LogP contribution in [-0.4, -0.2) is 36.4 Å². The summed E-state index contributed by atoms with van der Waals surface area (Å²) in [5.74, 6) is -0.0527. The highest BCUT2D eigenvalue weighted by Gasteiger charge is 2.27. The Bertz CT molecular complexity index is 489. The first kappa shape index (κ1) is 16.1. The molecule has 1 aliphatic carbocycles. The Morgan fingerprint density at radius 3 is 2.67 bits per heavy atom. The van der Waals surface area contributed by atoms with Crippen LogP contribution in [0, 0.1) is 5.82 Å². The SMILES string of the molecule is COc1ccc(C(=O)N(CCCl)C2CCCCC2)c(F)c1. The first-order chi connectivity index (χ1) is 10.2. The highest BCUT2D eigenvalue weighted by Crippen LogP contribution is 2.25. The Morgan fingerprint density at radius 2 is 2.10 bits per heavy atom. The minimum atomic E-state index is -0.547. The molecular weight excluding hydrogens is 293 g/mol. The van der Waals surface area contributed by atoms with E-state index in [1.54, 1.807) is 11.0 Å². The van der Waals surface area contributed by atoms with E-state index in [1.807, 2.05) is 0 Å². The fourth-order valence-corrected chi connectivity index (χ4v) is 3.07. The van der Waals surface area contributed by atoms with Crippen LogP contribution in [0.2, 0.25) is 0 Å². The predicted molar refractivity (Wildman–Crippen MR) is 81.6 cm³/mol. The minimum absolute atomic E-state index is 0.0893. The van der Waals surface area contributed by atoms with E-state index in [2.05, 4.69) is 0 Å². The van der Waals surface area contributed by atoms with E-state index >= 15 is 0 Å². The van der Waals surface area contributed by atoms with Gasteiger partial charge in [-0.2, -0.15) is 0 Å². The quantitative estimate of drug-likeness (QED) is 0.773. The number of halogens is 2. The van der Waals surface area contributed by atoms with Crippen molar-refractivity contribution in [3.05, 3.63) is 29.6 Å². The zero-order valence-electron chi connectivity index (χ0n) is 12.3. The van der Waals surface area contributed by atoms with Gasteiger partial charge in [0.15, 0.2) is 0 Å². The molecule has 116 valence electrons. The lowest BCUT2D eigenvalue weighted by molar-refractivity contribution is 0.0645. The Labute approximate surface area is 130 Å². The lowest BCUT2D eigenvalue weighted by atomic mass is 9.93. The molecule has 0 heterocycles. The molecule has 1 aromatic carbocycles. The van der Waals surface area contributed by atoms with Gasteiger partial charge < -0.3 is 9.64 Å². The van der Waals surface area contributed by atoms with Gasteiger partial charge in [-0.05, 0) is 25.0 Å². The van der Waals surface area contributed by atoms with Crippen LogP contribution < -0.4 is 4.74 Å². The molecule has 1 fully saturated rings. The van der Waals surface area contributed by atoms with Crippen molar-refractivity contribution in [1.82, 2.24) is 4.90 Å². The molecule has 0 N–H and O–H groups in total. The molecule has 2 rings (SSSR count). The third-order valence-electron chi connectivity index (χ3n) is 4.01. The van der Waals surface area contributed by atoms with Gasteiger partial charge in [0.05, 0.1) is 12.7 Å². The average Bonchev–Trinajstić information content (AvgIpc) is 2.52. The molecule has 1 aromatic rings. The summed E-state index contributed by atoms with van der Waals surface area (Å²) in [6.45, 7) is 0.455. The van der Waals surface area contributed by atoms with Gasteiger partial charge in [-0.3, -0.25) is 4.79 Å². The monoisotopic (exact) mass is 313 g/mol. The van der Waals surface area contributed by atoms with Crippen molar-refractivity contribution in [3.8, 4) is 5.75 Å². The van der Waals surface area contributed by atoms with E-state index in [0.29, 0.717) is 18.2 Å². The summed E-state index contributed by atoms with van der Waals surface area (Å²) in [5, 5.41) is 0. The molecule has 5 heteroatoms. The van der Waals surface area contributed by atoms with Crippen molar-refractivity contribution in [3.63, 3.8) is 0 Å². The first-order valence-electron chi connectivity index (χ1n) is 7.38. The third kappa shape index (κ3) is 3.88. The highest BCUT2D eigenvalue weighted by molar-refractivity contribution is 6.18. The van der Waals surface area contributed by atoms with Gasteiger partial charge >= 0.3 is 0 Å². The van der Waals surface area contributed by atoms with Gasteiger partial charge in [0.2, 0.25) is 0 Å². The predicted octanol–water partition coefficient (Wildman–Crippen LogP) is 3.85. The van der Waals surface area contributed by atoms with Crippen molar-refractivity contribution in [1.29, 1.82) is 0 Å². The zero-order valence-corrected chi connectivity index (χ0v) is 13.0. The van der Waals surface area contributed by atoms with Crippen LogP contribution in [-0.2, 0) is 0 Å². The minimum Gasteiger partial charge on any atom is -0.497 e. The largest absolute Gasteiger partial charge is 0.497 e. The van der Waals surface area contributed by atoms with E-state index in [1.165, 1.54) is 25.7 Å². The van der Waals surface area contributed by atoms with Crippen molar-refractivity contribution in [2.45, 2.75) is 38.1 Å². The highest BCUT2D eigenvalue weighted by atomic mass is 35.5. The summed E-state index contributed by atoms with van der Waals surface area (Å²) >= 11 is 5.83. The van der Waals surface area contributed by atoms with Gasteiger partial charge in [-0.15, -0.1) is 11.6 Å².